The van der Waals surface area contributed by atoms with Gasteiger partial charge < -0.3 is 19.0 Å². The Labute approximate surface area is 174 Å². The molecule has 1 fully saturated rings. The van der Waals surface area contributed by atoms with Crippen molar-refractivity contribution in [1.29, 1.82) is 0 Å². The first-order valence-electron chi connectivity index (χ1n) is 9.94. The molecule has 0 bridgehead atoms. The molecule has 0 unspecified atom stereocenters. The second-order valence-electron chi connectivity index (χ2n) is 7.40. The van der Waals surface area contributed by atoms with Gasteiger partial charge in [-0.25, -0.2) is 9.97 Å². The molecule has 4 rings (SSSR count). The van der Waals surface area contributed by atoms with Gasteiger partial charge in [0.05, 0.1) is 12.7 Å². The number of hydrogen-bond donors (Lipinski definition) is 0. The lowest BCUT2D eigenvalue weighted by Gasteiger charge is -2.34. The van der Waals surface area contributed by atoms with E-state index >= 15 is 0 Å². The maximum Gasteiger partial charge on any atom is 0.310 e. The third kappa shape index (κ3) is 4.12. The quantitative estimate of drug-likeness (QED) is 0.599. The fourth-order valence-corrected chi connectivity index (χ4v) is 3.58. The molecule has 1 aliphatic heterocycles. The molecule has 0 aliphatic carbocycles. The van der Waals surface area contributed by atoms with Crippen LogP contribution in [-0.2, 0) is 20.7 Å². The number of nitrogens with zero attached hydrogens (tertiary/aromatic N) is 4. The van der Waals surface area contributed by atoms with Crippen molar-refractivity contribution in [3.8, 4) is 0 Å². The predicted molar refractivity (Wildman–Crippen MR) is 111 cm³/mol. The van der Waals surface area contributed by atoms with E-state index in [0.29, 0.717) is 32.1 Å². The first-order valence-corrected chi connectivity index (χ1v) is 9.94. The van der Waals surface area contributed by atoms with Gasteiger partial charge in [-0.3, -0.25) is 9.59 Å². The summed E-state index contributed by atoms with van der Waals surface area (Å²) in [5.41, 5.74) is 3.74. The second kappa shape index (κ2) is 8.52. The van der Waals surface area contributed by atoms with Crippen LogP contribution < -0.4 is 4.90 Å². The molecular formula is C22H24N4O4. The molecule has 0 saturated carbocycles. The van der Waals surface area contributed by atoms with Crippen LogP contribution in [0, 0.1) is 13.8 Å². The largest absolute Gasteiger partial charge is 0.464 e. The lowest BCUT2D eigenvalue weighted by atomic mass is 10.0. The standard InChI is InChI=1S/C22H24N4O4/c1-15-4-5-18-17(13-30-21(18)16(15)2)12-20(28)29-14-19(27)25-8-10-26(11-9-25)22-23-6-3-7-24-22/h3-7,13H,8-12,14H2,1-2H3. The molecule has 2 aromatic heterocycles. The Morgan fingerprint density at radius 3 is 2.57 bits per heavy atom. The number of aromatic nitrogens is 2. The van der Waals surface area contributed by atoms with E-state index in [-0.39, 0.29) is 18.9 Å². The average molecular weight is 408 g/mol. The van der Waals surface area contributed by atoms with Crippen LogP contribution in [0.4, 0.5) is 5.95 Å². The SMILES string of the molecule is Cc1ccc2c(CC(=O)OCC(=O)N3CCN(c4ncccn4)CC3)coc2c1C. The number of esters is 1. The number of furan rings is 1. The minimum Gasteiger partial charge on any atom is -0.464 e. The molecule has 1 saturated heterocycles. The highest BCUT2D eigenvalue weighted by atomic mass is 16.5. The topological polar surface area (TPSA) is 88.8 Å². The Bertz CT molecular complexity index is 1060. The first kappa shape index (κ1) is 19.9. The van der Waals surface area contributed by atoms with Crippen molar-refractivity contribution >= 4 is 28.8 Å². The lowest BCUT2D eigenvalue weighted by molar-refractivity contribution is -0.151. The van der Waals surface area contributed by atoms with E-state index in [1.165, 1.54) is 0 Å². The van der Waals surface area contributed by atoms with Crippen LogP contribution in [0.3, 0.4) is 0 Å². The number of anilines is 1. The first-order chi connectivity index (χ1) is 14.5. The summed E-state index contributed by atoms with van der Waals surface area (Å²) in [5.74, 6) is 0.0231. The van der Waals surface area contributed by atoms with E-state index in [4.69, 9.17) is 9.15 Å². The van der Waals surface area contributed by atoms with Gasteiger partial charge in [0.2, 0.25) is 5.95 Å². The summed E-state index contributed by atoms with van der Waals surface area (Å²) < 4.78 is 10.9. The number of carbonyl (C=O) groups is 2. The van der Waals surface area contributed by atoms with Crippen molar-refractivity contribution in [2.75, 3.05) is 37.7 Å². The maximum absolute atomic E-state index is 12.4. The zero-order valence-corrected chi connectivity index (χ0v) is 17.1. The van der Waals surface area contributed by atoms with Crippen LogP contribution in [-0.4, -0.2) is 59.5 Å². The van der Waals surface area contributed by atoms with Gasteiger partial charge in [0, 0.05) is 49.5 Å². The summed E-state index contributed by atoms with van der Waals surface area (Å²) in [6.45, 7) is 6.12. The Morgan fingerprint density at radius 2 is 1.83 bits per heavy atom. The molecule has 156 valence electrons. The third-order valence-corrected chi connectivity index (χ3v) is 5.50. The number of rotatable bonds is 5. The molecule has 1 aromatic carbocycles. The minimum atomic E-state index is -0.444. The molecule has 3 aromatic rings. The van der Waals surface area contributed by atoms with Crippen LogP contribution in [0.5, 0.6) is 0 Å². The molecule has 0 radical (unpaired) electrons. The van der Waals surface area contributed by atoms with Gasteiger partial charge in [-0.05, 0) is 31.0 Å². The summed E-state index contributed by atoms with van der Waals surface area (Å²) >= 11 is 0. The van der Waals surface area contributed by atoms with Gasteiger partial charge in [0.25, 0.3) is 5.91 Å². The Morgan fingerprint density at radius 1 is 1.10 bits per heavy atom. The van der Waals surface area contributed by atoms with Crippen LogP contribution in [0.25, 0.3) is 11.0 Å². The van der Waals surface area contributed by atoms with E-state index in [1.807, 2.05) is 30.9 Å². The smallest absolute Gasteiger partial charge is 0.310 e. The molecule has 30 heavy (non-hydrogen) atoms. The summed E-state index contributed by atoms with van der Waals surface area (Å²) in [6.07, 6.45) is 5.06. The predicted octanol–water partition coefficient (Wildman–Crippen LogP) is 2.27. The van der Waals surface area contributed by atoms with Crippen molar-refractivity contribution in [3.05, 3.63) is 53.5 Å². The maximum atomic E-state index is 12.4. The zero-order chi connectivity index (χ0) is 21.1. The Balaban J connectivity index is 1.27. The van der Waals surface area contributed by atoms with E-state index in [0.717, 1.165) is 27.7 Å². The van der Waals surface area contributed by atoms with Crippen molar-refractivity contribution in [1.82, 2.24) is 14.9 Å². The Kier molecular flexibility index (Phi) is 5.65. The molecule has 8 heteroatoms. The summed E-state index contributed by atoms with van der Waals surface area (Å²) in [5, 5.41) is 0.903. The monoisotopic (exact) mass is 408 g/mol. The summed E-state index contributed by atoms with van der Waals surface area (Å²) in [4.78, 5) is 36.9. The fourth-order valence-electron chi connectivity index (χ4n) is 3.58. The van der Waals surface area contributed by atoms with Crippen molar-refractivity contribution < 1.29 is 18.7 Å². The molecule has 3 heterocycles. The molecule has 0 atom stereocenters. The number of fused-ring (bicyclic) bond motifs is 1. The second-order valence-corrected chi connectivity index (χ2v) is 7.40. The van der Waals surface area contributed by atoms with Gasteiger partial charge >= 0.3 is 5.97 Å². The van der Waals surface area contributed by atoms with Gasteiger partial charge in [0.15, 0.2) is 6.61 Å². The van der Waals surface area contributed by atoms with Crippen LogP contribution in [0.15, 0.2) is 41.3 Å². The third-order valence-electron chi connectivity index (χ3n) is 5.50. The molecule has 0 N–H and O–H groups in total. The summed E-state index contributed by atoms with van der Waals surface area (Å²) in [7, 11) is 0. The number of ether oxygens (including phenoxy) is 1. The normalized spacial score (nSPS) is 14.2. The van der Waals surface area contributed by atoms with Crippen molar-refractivity contribution in [2.24, 2.45) is 0 Å². The lowest BCUT2D eigenvalue weighted by Crippen LogP contribution is -2.50. The van der Waals surface area contributed by atoms with E-state index in [1.54, 1.807) is 29.6 Å². The van der Waals surface area contributed by atoms with Gasteiger partial charge in [0.1, 0.15) is 5.58 Å². The van der Waals surface area contributed by atoms with Crippen LogP contribution in [0.1, 0.15) is 16.7 Å². The highest BCUT2D eigenvalue weighted by molar-refractivity contribution is 5.89. The van der Waals surface area contributed by atoms with Crippen molar-refractivity contribution in [3.63, 3.8) is 0 Å². The highest BCUT2D eigenvalue weighted by Crippen LogP contribution is 2.26. The number of hydrogen-bond acceptors (Lipinski definition) is 7. The number of benzene rings is 1. The molecule has 1 aliphatic rings. The number of carbonyl (C=O) groups excluding carboxylic acids is 2. The Hall–Kier alpha value is -3.42. The van der Waals surface area contributed by atoms with E-state index < -0.39 is 5.97 Å². The van der Waals surface area contributed by atoms with E-state index in [2.05, 4.69) is 9.97 Å². The van der Waals surface area contributed by atoms with Crippen LogP contribution >= 0.6 is 0 Å². The van der Waals surface area contributed by atoms with Gasteiger partial charge in [-0.1, -0.05) is 12.1 Å². The minimum absolute atomic E-state index is 0.0713. The molecule has 1 amide bonds. The van der Waals surface area contributed by atoms with Crippen LogP contribution in [0.2, 0.25) is 0 Å². The van der Waals surface area contributed by atoms with E-state index in [9.17, 15) is 9.59 Å². The van der Waals surface area contributed by atoms with Gasteiger partial charge in [-0.2, -0.15) is 0 Å². The van der Waals surface area contributed by atoms with Gasteiger partial charge in [-0.15, -0.1) is 0 Å². The average Bonchev–Trinajstić information content (AvgIpc) is 3.18. The molecule has 8 nitrogen and oxygen atoms in total. The number of piperazine rings is 1. The fraction of sp³-hybridized carbons (Fsp3) is 0.364. The molecular weight excluding hydrogens is 384 g/mol. The number of aryl methyl sites for hydroxylation is 2. The summed E-state index contributed by atoms with van der Waals surface area (Å²) in [6, 6.07) is 5.72. The highest BCUT2D eigenvalue weighted by Gasteiger charge is 2.23. The number of amides is 1. The zero-order valence-electron chi connectivity index (χ0n) is 17.1. The molecule has 0 spiro atoms. The van der Waals surface area contributed by atoms with Crippen molar-refractivity contribution in [2.45, 2.75) is 20.3 Å².